The fraction of sp³-hybridized carbons (Fsp3) is 0.310. The molecule has 6 heteroatoms. The van der Waals surface area contributed by atoms with Gasteiger partial charge in [-0.25, -0.2) is 9.40 Å². The summed E-state index contributed by atoms with van der Waals surface area (Å²) < 4.78 is 19.2. The van der Waals surface area contributed by atoms with E-state index >= 15 is 0 Å². The molecule has 0 fully saturated rings. The predicted octanol–water partition coefficient (Wildman–Crippen LogP) is 5.94. The molecular formula is C29H32FN3O2. The van der Waals surface area contributed by atoms with Gasteiger partial charge in [-0.05, 0) is 49.2 Å². The molecule has 0 spiro atoms. The van der Waals surface area contributed by atoms with Crippen molar-refractivity contribution in [3.8, 4) is 5.75 Å². The van der Waals surface area contributed by atoms with E-state index < -0.39 is 5.54 Å². The number of amides is 1. The summed E-state index contributed by atoms with van der Waals surface area (Å²) in [4.78, 5) is 14.0. The SMILES string of the molecule is CCCCC1C(c2ccc(F)cc2)=NN(c2ccccc2)C1(C)C(=O)NCc1ccccc1OC. The lowest BCUT2D eigenvalue weighted by molar-refractivity contribution is -0.127. The zero-order valence-electron chi connectivity index (χ0n) is 20.5. The summed E-state index contributed by atoms with van der Waals surface area (Å²) in [6.45, 7) is 4.43. The molecule has 2 unspecified atom stereocenters. The Bertz CT molecular complexity index is 1180. The van der Waals surface area contributed by atoms with Gasteiger partial charge in [0.1, 0.15) is 17.1 Å². The van der Waals surface area contributed by atoms with E-state index in [1.807, 2.05) is 66.5 Å². The molecule has 1 heterocycles. The minimum Gasteiger partial charge on any atom is -0.496 e. The largest absolute Gasteiger partial charge is 0.496 e. The Morgan fingerprint density at radius 3 is 2.43 bits per heavy atom. The highest BCUT2D eigenvalue weighted by atomic mass is 19.1. The van der Waals surface area contributed by atoms with Gasteiger partial charge in [0.15, 0.2) is 0 Å². The van der Waals surface area contributed by atoms with Crippen LogP contribution in [-0.2, 0) is 11.3 Å². The van der Waals surface area contributed by atoms with Crippen LogP contribution in [0.5, 0.6) is 5.75 Å². The molecule has 1 aliphatic heterocycles. The van der Waals surface area contributed by atoms with Crippen molar-refractivity contribution >= 4 is 17.3 Å². The zero-order chi connectivity index (χ0) is 24.8. The molecule has 0 saturated carbocycles. The zero-order valence-corrected chi connectivity index (χ0v) is 20.5. The minimum absolute atomic E-state index is 0.116. The molecule has 0 radical (unpaired) electrons. The van der Waals surface area contributed by atoms with Gasteiger partial charge in [0.05, 0.1) is 18.5 Å². The van der Waals surface area contributed by atoms with Gasteiger partial charge in [-0.15, -0.1) is 0 Å². The summed E-state index contributed by atoms with van der Waals surface area (Å²) in [6.07, 6.45) is 2.73. The third kappa shape index (κ3) is 4.92. The summed E-state index contributed by atoms with van der Waals surface area (Å²) in [6, 6.07) is 23.8. The number of hydrogen-bond donors (Lipinski definition) is 1. The van der Waals surface area contributed by atoms with Gasteiger partial charge >= 0.3 is 0 Å². The quantitative estimate of drug-likeness (QED) is 0.418. The maximum Gasteiger partial charge on any atom is 0.248 e. The van der Waals surface area contributed by atoms with Crippen LogP contribution in [0.3, 0.4) is 0 Å². The molecule has 4 rings (SSSR count). The van der Waals surface area contributed by atoms with Crippen molar-refractivity contribution in [3.05, 3.63) is 95.8 Å². The van der Waals surface area contributed by atoms with Crippen molar-refractivity contribution in [2.24, 2.45) is 11.0 Å². The Morgan fingerprint density at radius 1 is 1.06 bits per heavy atom. The third-order valence-electron chi connectivity index (χ3n) is 6.74. The average molecular weight is 474 g/mol. The van der Waals surface area contributed by atoms with Gasteiger partial charge < -0.3 is 10.1 Å². The molecule has 0 aliphatic carbocycles. The number of methoxy groups -OCH3 is 1. The molecule has 0 aromatic heterocycles. The minimum atomic E-state index is -0.970. The van der Waals surface area contributed by atoms with Crippen LogP contribution in [0.4, 0.5) is 10.1 Å². The van der Waals surface area contributed by atoms with E-state index in [-0.39, 0.29) is 17.6 Å². The number of carbonyl (C=O) groups is 1. The van der Waals surface area contributed by atoms with Crippen molar-refractivity contribution in [3.63, 3.8) is 0 Å². The number of nitrogens with zero attached hydrogens (tertiary/aromatic N) is 2. The lowest BCUT2D eigenvalue weighted by Gasteiger charge is -2.37. The smallest absolute Gasteiger partial charge is 0.248 e. The first-order valence-electron chi connectivity index (χ1n) is 12.1. The molecule has 5 nitrogen and oxygen atoms in total. The summed E-state index contributed by atoms with van der Waals surface area (Å²) in [5.74, 6) is 0.143. The Kier molecular flexibility index (Phi) is 7.49. The van der Waals surface area contributed by atoms with Crippen molar-refractivity contribution in [2.45, 2.75) is 45.2 Å². The number of hydrazone groups is 1. The molecule has 0 bridgehead atoms. The number of halogens is 1. The van der Waals surface area contributed by atoms with Gasteiger partial charge in [0, 0.05) is 18.0 Å². The molecule has 0 saturated heterocycles. The van der Waals surface area contributed by atoms with Gasteiger partial charge in [-0.1, -0.05) is 68.3 Å². The predicted molar refractivity (Wildman–Crippen MR) is 138 cm³/mol. The van der Waals surface area contributed by atoms with E-state index in [1.165, 1.54) is 12.1 Å². The number of ether oxygens (including phenoxy) is 1. The Hall–Kier alpha value is -3.67. The Balaban J connectivity index is 1.73. The summed E-state index contributed by atoms with van der Waals surface area (Å²) >= 11 is 0. The number of benzene rings is 3. The van der Waals surface area contributed by atoms with Gasteiger partial charge in [-0.3, -0.25) is 4.79 Å². The van der Waals surface area contributed by atoms with Crippen molar-refractivity contribution < 1.29 is 13.9 Å². The van der Waals surface area contributed by atoms with Crippen molar-refractivity contribution in [2.75, 3.05) is 12.1 Å². The molecule has 3 aromatic carbocycles. The fourth-order valence-electron chi connectivity index (χ4n) is 4.75. The highest BCUT2D eigenvalue weighted by Crippen LogP contribution is 2.41. The standard InChI is InChI=1S/C29H32FN3O2/c1-4-5-14-25-27(21-16-18-23(30)19-17-21)32-33(24-12-7-6-8-13-24)29(25,2)28(34)31-20-22-11-9-10-15-26(22)35-3/h6-13,15-19,25H,4-5,14,20H2,1-3H3,(H,31,34). The van der Waals surface area contributed by atoms with Crippen LogP contribution in [0.2, 0.25) is 0 Å². The number of carbonyl (C=O) groups excluding carboxylic acids is 1. The van der Waals surface area contributed by atoms with E-state index in [2.05, 4.69) is 12.2 Å². The number of nitrogens with one attached hydrogen (secondary N) is 1. The Morgan fingerprint density at radius 2 is 1.74 bits per heavy atom. The van der Waals surface area contributed by atoms with Crippen LogP contribution < -0.4 is 15.1 Å². The maximum atomic E-state index is 14.0. The van der Waals surface area contributed by atoms with E-state index in [0.717, 1.165) is 47.5 Å². The van der Waals surface area contributed by atoms with Crippen LogP contribution in [0.15, 0.2) is 84.0 Å². The number of unbranched alkanes of at least 4 members (excludes halogenated alkanes) is 1. The lowest BCUT2D eigenvalue weighted by atomic mass is 9.77. The molecule has 3 aromatic rings. The second-order valence-electron chi connectivity index (χ2n) is 8.98. The second-order valence-corrected chi connectivity index (χ2v) is 8.98. The lowest BCUT2D eigenvalue weighted by Crippen LogP contribution is -2.57. The number of anilines is 1. The average Bonchev–Trinajstić information content (AvgIpc) is 3.20. The highest BCUT2D eigenvalue weighted by Gasteiger charge is 2.53. The van der Waals surface area contributed by atoms with Gasteiger partial charge in [0.2, 0.25) is 5.91 Å². The van der Waals surface area contributed by atoms with E-state index in [0.29, 0.717) is 6.54 Å². The third-order valence-corrected chi connectivity index (χ3v) is 6.74. The van der Waals surface area contributed by atoms with Gasteiger partial charge in [-0.2, -0.15) is 5.10 Å². The molecule has 1 N–H and O–H groups in total. The summed E-state index contributed by atoms with van der Waals surface area (Å²) in [7, 11) is 1.62. The second kappa shape index (κ2) is 10.7. The summed E-state index contributed by atoms with van der Waals surface area (Å²) in [5, 5.41) is 9.98. The summed E-state index contributed by atoms with van der Waals surface area (Å²) in [5.41, 5.74) is 2.40. The molecule has 1 aliphatic rings. The maximum absolute atomic E-state index is 14.0. The highest BCUT2D eigenvalue weighted by molar-refractivity contribution is 6.10. The van der Waals surface area contributed by atoms with Crippen molar-refractivity contribution in [1.29, 1.82) is 0 Å². The molecule has 35 heavy (non-hydrogen) atoms. The van der Waals surface area contributed by atoms with Gasteiger partial charge in [0.25, 0.3) is 0 Å². The molecule has 1 amide bonds. The van der Waals surface area contributed by atoms with E-state index in [4.69, 9.17) is 9.84 Å². The van der Waals surface area contributed by atoms with Crippen molar-refractivity contribution in [1.82, 2.24) is 5.32 Å². The first-order valence-corrected chi connectivity index (χ1v) is 12.1. The first-order chi connectivity index (χ1) is 17.0. The molecule has 2 atom stereocenters. The van der Waals surface area contributed by atoms with Crippen LogP contribution in [0.25, 0.3) is 0 Å². The van der Waals surface area contributed by atoms with Crippen LogP contribution in [-0.4, -0.2) is 24.3 Å². The van der Waals surface area contributed by atoms with E-state index in [9.17, 15) is 9.18 Å². The van der Waals surface area contributed by atoms with Crippen LogP contribution in [0, 0.1) is 11.7 Å². The topological polar surface area (TPSA) is 53.9 Å². The first kappa shape index (κ1) is 24.5. The van der Waals surface area contributed by atoms with Crippen LogP contribution >= 0.6 is 0 Å². The fourth-order valence-corrected chi connectivity index (χ4v) is 4.75. The molecule has 182 valence electrons. The number of hydrogen-bond acceptors (Lipinski definition) is 4. The molecular weight excluding hydrogens is 441 g/mol. The van der Waals surface area contributed by atoms with E-state index in [1.54, 1.807) is 19.2 Å². The van der Waals surface area contributed by atoms with Crippen LogP contribution in [0.1, 0.15) is 44.2 Å². The Labute approximate surface area is 206 Å². The monoisotopic (exact) mass is 473 g/mol. The normalized spacial score (nSPS) is 19.4. The number of para-hydroxylation sites is 2. The number of rotatable bonds is 9.